The SMILES string of the molecule is CCOc1ncnc2c1ncn2C1C(OC)OC(C)C1O. The Morgan fingerprint density at radius 1 is 1.38 bits per heavy atom. The lowest BCUT2D eigenvalue weighted by atomic mass is 10.1. The van der Waals surface area contributed by atoms with Crippen LogP contribution < -0.4 is 4.74 Å². The number of nitrogens with zero attached hydrogens (tertiary/aromatic N) is 4. The van der Waals surface area contributed by atoms with Gasteiger partial charge in [-0.25, -0.2) is 9.97 Å². The van der Waals surface area contributed by atoms with E-state index < -0.39 is 18.4 Å². The fraction of sp³-hybridized carbons (Fsp3) is 0.615. The van der Waals surface area contributed by atoms with Gasteiger partial charge in [0.2, 0.25) is 5.88 Å². The van der Waals surface area contributed by atoms with Crippen LogP contribution in [-0.2, 0) is 9.47 Å². The van der Waals surface area contributed by atoms with Crippen molar-refractivity contribution in [2.45, 2.75) is 38.4 Å². The first kappa shape index (κ1) is 14.2. The molecule has 8 heteroatoms. The van der Waals surface area contributed by atoms with Gasteiger partial charge >= 0.3 is 0 Å². The van der Waals surface area contributed by atoms with Crippen molar-refractivity contribution in [1.29, 1.82) is 0 Å². The van der Waals surface area contributed by atoms with Gasteiger partial charge in [-0.15, -0.1) is 0 Å². The van der Waals surface area contributed by atoms with E-state index >= 15 is 0 Å². The fourth-order valence-corrected chi connectivity index (χ4v) is 2.59. The highest BCUT2D eigenvalue weighted by molar-refractivity contribution is 5.76. The summed E-state index contributed by atoms with van der Waals surface area (Å²) in [5.41, 5.74) is 1.14. The third-order valence-electron chi connectivity index (χ3n) is 3.62. The van der Waals surface area contributed by atoms with E-state index in [9.17, 15) is 5.11 Å². The lowest BCUT2D eigenvalue weighted by Gasteiger charge is -2.20. The molecule has 21 heavy (non-hydrogen) atoms. The molecule has 1 saturated heterocycles. The van der Waals surface area contributed by atoms with E-state index in [-0.39, 0.29) is 6.10 Å². The van der Waals surface area contributed by atoms with Gasteiger partial charge in [0.25, 0.3) is 0 Å². The maximum absolute atomic E-state index is 10.3. The van der Waals surface area contributed by atoms with Crippen LogP contribution in [-0.4, -0.2) is 56.8 Å². The van der Waals surface area contributed by atoms with E-state index in [1.54, 1.807) is 24.9 Å². The van der Waals surface area contributed by atoms with Crippen molar-refractivity contribution in [3.8, 4) is 5.88 Å². The summed E-state index contributed by atoms with van der Waals surface area (Å²) < 4.78 is 18.1. The second-order valence-corrected chi connectivity index (χ2v) is 4.86. The van der Waals surface area contributed by atoms with Gasteiger partial charge in [-0.2, -0.15) is 4.98 Å². The molecule has 2 aromatic heterocycles. The van der Waals surface area contributed by atoms with Crippen molar-refractivity contribution in [2.24, 2.45) is 0 Å². The van der Waals surface area contributed by atoms with E-state index in [0.717, 1.165) is 0 Å². The van der Waals surface area contributed by atoms with Crippen LogP contribution >= 0.6 is 0 Å². The normalized spacial score (nSPS) is 29.1. The lowest BCUT2D eigenvalue weighted by Crippen LogP contribution is -2.30. The highest BCUT2D eigenvalue weighted by Crippen LogP contribution is 2.34. The zero-order chi connectivity index (χ0) is 15.0. The van der Waals surface area contributed by atoms with Crippen molar-refractivity contribution < 1.29 is 19.3 Å². The molecule has 3 heterocycles. The molecule has 2 aromatic rings. The number of rotatable bonds is 4. The molecule has 1 aliphatic rings. The largest absolute Gasteiger partial charge is 0.476 e. The third kappa shape index (κ3) is 2.25. The van der Waals surface area contributed by atoms with Crippen molar-refractivity contribution >= 4 is 11.2 Å². The Bertz CT molecular complexity index is 632. The molecular formula is C13H18N4O4. The molecule has 8 nitrogen and oxygen atoms in total. The number of aliphatic hydroxyl groups is 1. The predicted molar refractivity (Wildman–Crippen MR) is 72.9 cm³/mol. The van der Waals surface area contributed by atoms with Crippen LogP contribution in [0, 0.1) is 0 Å². The van der Waals surface area contributed by atoms with E-state index in [4.69, 9.17) is 14.2 Å². The van der Waals surface area contributed by atoms with E-state index in [0.29, 0.717) is 23.7 Å². The number of methoxy groups -OCH3 is 1. The summed E-state index contributed by atoms with van der Waals surface area (Å²) in [6, 6.07) is -0.417. The van der Waals surface area contributed by atoms with Crippen molar-refractivity contribution in [2.75, 3.05) is 13.7 Å². The molecule has 4 atom stereocenters. The maximum atomic E-state index is 10.3. The third-order valence-corrected chi connectivity index (χ3v) is 3.62. The Morgan fingerprint density at radius 3 is 2.90 bits per heavy atom. The molecule has 1 fully saturated rings. The highest BCUT2D eigenvalue weighted by atomic mass is 16.7. The highest BCUT2D eigenvalue weighted by Gasteiger charge is 2.43. The van der Waals surface area contributed by atoms with Gasteiger partial charge < -0.3 is 23.9 Å². The molecular weight excluding hydrogens is 276 g/mol. The Balaban J connectivity index is 2.06. The van der Waals surface area contributed by atoms with Crippen molar-refractivity contribution in [3.63, 3.8) is 0 Å². The number of hydrogen-bond acceptors (Lipinski definition) is 7. The first-order valence-corrected chi connectivity index (χ1v) is 6.84. The van der Waals surface area contributed by atoms with Gasteiger partial charge in [-0.3, -0.25) is 0 Å². The Morgan fingerprint density at radius 2 is 2.19 bits per heavy atom. The topological polar surface area (TPSA) is 91.5 Å². The van der Waals surface area contributed by atoms with Crippen molar-refractivity contribution in [1.82, 2.24) is 19.5 Å². The van der Waals surface area contributed by atoms with Gasteiger partial charge in [0.15, 0.2) is 17.5 Å². The quantitative estimate of drug-likeness (QED) is 0.878. The van der Waals surface area contributed by atoms with Crippen LogP contribution in [0.4, 0.5) is 0 Å². The summed E-state index contributed by atoms with van der Waals surface area (Å²) in [5, 5.41) is 10.3. The second kappa shape index (κ2) is 5.55. The Hall–Kier alpha value is -1.77. The molecule has 1 N–H and O–H groups in total. The number of aliphatic hydroxyl groups excluding tert-OH is 1. The number of ether oxygens (including phenoxy) is 3. The zero-order valence-corrected chi connectivity index (χ0v) is 12.1. The molecule has 0 amide bonds. The van der Waals surface area contributed by atoms with Crippen LogP contribution in [0.25, 0.3) is 11.2 Å². The molecule has 0 radical (unpaired) electrons. The summed E-state index contributed by atoms with van der Waals surface area (Å²) in [4.78, 5) is 12.6. The minimum absolute atomic E-state index is 0.328. The summed E-state index contributed by atoms with van der Waals surface area (Å²) >= 11 is 0. The molecule has 0 aliphatic carbocycles. The van der Waals surface area contributed by atoms with E-state index in [1.807, 2.05) is 6.92 Å². The first-order chi connectivity index (χ1) is 10.2. The van der Waals surface area contributed by atoms with Gasteiger partial charge in [-0.1, -0.05) is 0 Å². The number of aromatic nitrogens is 4. The summed E-state index contributed by atoms with van der Waals surface area (Å²) in [6.45, 7) is 4.17. The second-order valence-electron chi connectivity index (χ2n) is 4.86. The van der Waals surface area contributed by atoms with Gasteiger partial charge in [0.05, 0.1) is 19.0 Å². The molecule has 3 rings (SSSR count). The number of imidazole rings is 1. The minimum atomic E-state index is -0.710. The molecule has 0 spiro atoms. The van der Waals surface area contributed by atoms with Crippen LogP contribution in [0.2, 0.25) is 0 Å². The molecule has 1 aliphatic heterocycles. The van der Waals surface area contributed by atoms with Crippen LogP contribution in [0.5, 0.6) is 5.88 Å². The minimum Gasteiger partial charge on any atom is -0.476 e. The molecule has 114 valence electrons. The van der Waals surface area contributed by atoms with E-state index in [1.165, 1.54) is 6.33 Å². The van der Waals surface area contributed by atoms with Crippen LogP contribution in [0.3, 0.4) is 0 Å². The summed E-state index contributed by atoms with van der Waals surface area (Å²) in [5.74, 6) is 0.427. The lowest BCUT2D eigenvalue weighted by molar-refractivity contribution is -0.124. The summed E-state index contributed by atoms with van der Waals surface area (Å²) in [7, 11) is 1.54. The Labute approximate surface area is 121 Å². The monoisotopic (exact) mass is 294 g/mol. The fourth-order valence-electron chi connectivity index (χ4n) is 2.59. The predicted octanol–water partition coefficient (Wildman–Crippen LogP) is 0.518. The zero-order valence-electron chi connectivity index (χ0n) is 12.1. The molecule has 0 aromatic carbocycles. The van der Waals surface area contributed by atoms with E-state index in [2.05, 4.69) is 15.0 Å². The smallest absolute Gasteiger partial charge is 0.245 e. The standard InChI is InChI=1S/C13H18N4O4/c1-4-20-12-8-11(14-5-15-12)17(6-16-8)9-10(18)7(2)21-13(9)19-3/h5-7,9-10,13,18H,4H2,1-3H3. The van der Waals surface area contributed by atoms with Crippen LogP contribution in [0.15, 0.2) is 12.7 Å². The molecule has 0 bridgehead atoms. The number of hydrogen-bond donors (Lipinski definition) is 1. The molecule has 4 unspecified atom stereocenters. The first-order valence-electron chi connectivity index (χ1n) is 6.84. The summed E-state index contributed by atoms with van der Waals surface area (Å²) in [6.07, 6.45) is 1.42. The van der Waals surface area contributed by atoms with Gasteiger partial charge in [0, 0.05) is 7.11 Å². The van der Waals surface area contributed by atoms with Gasteiger partial charge in [0.1, 0.15) is 18.5 Å². The maximum Gasteiger partial charge on any atom is 0.245 e. The molecule has 0 saturated carbocycles. The average molecular weight is 294 g/mol. The van der Waals surface area contributed by atoms with Crippen molar-refractivity contribution in [3.05, 3.63) is 12.7 Å². The Kier molecular flexibility index (Phi) is 3.75. The van der Waals surface area contributed by atoms with Gasteiger partial charge in [-0.05, 0) is 13.8 Å². The number of fused-ring (bicyclic) bond motifs is 1. The van der Waals surface area contributed by atoms with Crippen LogP contribution in [0.1, 0.15) is 19.9 Å². The average Bonchev–Trinajstić information content (AvgIpc) is 3.02.